The normalized spacial score (nSPS) is 27.8. The highest BCUT2D eigenvalue weighted by atomic mass is 16.5. The molecule has 0 radical (unpaired) electrons. The van der Waals surface area contributed by atoms with Crippen LogP contribution >= 0.6 is 0 Å². The maximum atomic E-state index is 11.4. The molecule has 0 amide bonds. The van der Waals surface area contributed by atoms with Crippen LogP contribution in [0.25, 0.3) is 0 Å². The molecule has 0 bridgehead atoms. The summed E-state index contributed by atoms with van der Waals surface area (Å²) in [6.45, 7) is -0.303. The van der Waals surface area contributed by atoms with Gasteiger partial charge in [0.25, 0.3) is 0 Å². The molecule has 8 heteroatoms. The summed E-state index contributed by atoms with van der Waals surface area (Å²) in [4.78, 5) is 18.5. The Kier molecular flexibility index (Phi) is 4.16. The average Bonchev–Trinajstić information content (AvgIpc) is 2.59. The van der Waals surface area contributed by atoms with E-state index in [9.17, 15) is 9.90 Å². The molecule has 0 aromatic carbocycles. The molecule has 1 fully saturated rings. The van der Waals surface area contributed by atoms with Gasteiger partial charge < -0.3 is 20.7 Å². The molecule has 17 heavy (non-hydrogen) atoms. The second-order valence-corrected chi connectivity index (χ2v) is 3.52. The molecule has 0 unspecified atom stereocenters. The number of hydrogen-bond acceptors (Lipinski definition) is 7. The van der Waals surface area contributed by atoms with Gasteiger partial charge in [0.15, 0.2) is 0 Å². The number of hydrogen-bond donors (Lipinski definition) is 3. The van der Waals surface area contributed by atoms with Gasteiger partial charge in [0.2, 0.25) is 5.95 Å². The lowest BCUT2D eigenvalue weighted by atomic mass is 10.2. The van der Waals surface area contributed by atoms with E-state index in [1.54, 1.807) is 0 Å². The van der Waals surface area contributed by atoms with Gasteiger partial charge in [0.05, 0.1) is 12.7 Å². The van der Waals surface area contributed by atoms with Crippen LogP contribution in [0.15, 0.2) is 11.1 Å². The van der Waals surface area contributed by atoms with Crippen LogP contribution < -0.4 is 11.4 Å². The Morgan fingerprint density at radius 3 is 2.88 bits per heavy atom. The zero-order valence-corrected chi connectivity index (χ0v) is 8.35. The van der Waals surface area contributed by atoms with Gasteiger partial charge in [-0.05, 0) is 0 Å². The molecular formula is C9H16N4O4. The molecule has 0 spiro atoms. The lowest BCUT2D eigenvalue weighted by Gasteiger charge is -2.13. The van der Waals surface area contributed by atoms with Gasteiger partial charge in [-0.25, -0.2) is 9.78 Å². The fraction of sp³-hybridized carbons (Fsp3) is 0.667. The standard InChI is InChI=1S/C8H12N4O4.CH4/c9-7-10-3-12(8(15)11-7)6-1-4(14)5(2-13)16-6;/h3-6,13-14H,1-2H2,(H2,9,11,15);1H4/t4-,5-,6-;/m1./s1. The summed E-state index contributed by atoms with van der Waals surface area (Å²) in [5, 5.41) is 18.4. The van der Waals surface area contributed by atoms with Crippen molar-refractivity contribution >= 4 is 5.95 Å². The Morgan fingerprint density at radius 1 is 1.65 bits per heavy atom. The minimum absolute atomic E-state index is 0. The first-order valence-electron chi connectivity index (χ1n) is 4.77. The number of nitrogen functional groups attached to an aromatic ring is 1. The van der Waals surface area contributed by atoms with Crippen molar-refractivity contribution in [2.75, 3.05) is 12.3 Å². The van der Waals surface area contributed by atoms with Gasteiger partial charge in [-0.2, -0.15) is 4.98 Å². The van der Waals surface area contributed by atoms with E-state index >= 15 is 0 Å². The highest BCUT2D eigenvalue weighted by molar-refractivity contribution is 5.09. The van der Waals surface area contributed by atoms with E-state index in [-0.39, 0.29) is 26.4 Å². The van der Waals surface area contributed by atoms with Crippen molar-refractivity contribution in [2.24, 2.45) is 0 Å². The van der Waals surface area contributed by atoms with Crippen molar-refractivity contribution in [1.29, 1.82) is 0 Å². The van der Waals surface area contributed by atoms with Gasteiger partial charge in [0, 0.05) is 6.42 Å². The molecular weight excluding hydrogens is 228 g/mol. The number of aliphatic hydroxyl groups excluding tert-OH is 2. The molecule has 1 aromatic rings. The SMILES string of the molecule is C.Nc1ncn([C@H]2C[C@@H](O)[C@@H](CO)O2)c(=O)n1. The number of aliphatic hydroxyl groups is 2. The van der Waals surface area contributed by atoms with E-state index in [1.165, 1.54) is 6.33 Å². The smallest absolute Gasteiger partial charge is 0.354 e. The Balaban J connectivity index is 0.00000144. The van der Waals surface area contributed by atoms with E-state index in [0.29, 0.717) is 0 Å². The van der Waals surface area contributed by atoms with E-state index in [0.717, 1.165) is 4.57 Å². The third kappa shape index (κ3) is 2.60. The fourth-order valence-electron chi connectivity index (χ4n) is 1.60. The maximum Gasteiger partial charge on any atom is 0.354 e. The number of nitrogens with zero attached hydrogens (tertiary/aromatic N) is 3. The van der Waals surface area contributed by atoms with Crippen LogP contribution in [0, 0.1) is 0 Å². The van der Waals surface area contributed by atoms with Crippen LogP contribution in [-0.2, 0) is 4.74 Å². The molecule has 1 aliphatic heterocycles. The highest BCUT2D eigenvalue weighted by Crippen LogP contribution is 2.26. The molecule has 2 heterocycles. The van der Waals surface area contributed by atoms with Crippen LogP contribution in [-0.4, -0.2) is 43.6 Å². The molecule has 3 atom stereocenters. The third-order valence-electron chi connectivity index (χ3n) is 2.44. The highest BCUT2D eigenvalue weighted by Gasteiger charge is 2.35. The van der Waals surface area contributed by atoms with E-state index in [4.69, 9.17) is 15.6 Å². The molecule has 1 aliphatic rings. The Bertz CT molecular complexity index is 435. The molecule has 1 aromatic heterocycles. The molecule has 1 saturated heterocycles. The summed E-state index contributed by atoms with van der Waals surface area (Å²) in [6, 6.07) is 0. The topological polar surface area (TPSA) is 123 Å². The molecule has 4 N–H and O–H groups in total. The summed E-state index contributed by atoms with van der Waals surface area (Å²) in [6.07, 6.45) is -0.741. The summed E-state index contributed by atoms with van der Waals surface area (Å²) >= 11 is 0. The number of rotatable bonds is 2. The van der Waals surface area contributed by atoms with Crippen molar-refractivity contribution in [3.8, 4) is 0 Å². The van der Waals surface area contributed by atoms with Crippen molar-refractivity contribution in [1.82, 2.24) is 14.5 Å². The van der Waals surface area contributed by atoms with E-state index in [2.05, 4.69) is 9.97 Å². The second kappa shape index (κ2) is 5.21. The van der Waals surface area contributed by atoms with Crippen molar-refractivity contribution < 1.29 is 14.9 Å². The largest absolute Gasteiger partial charge is 0.394 e. The molecule has 0 aliphatic carbocycles. The lowest BCUT2D eigenvalue weighted by molar-refractivity contribution is -0.0462. The fourth-order valence-corrected chi connectivity index (χ4v) is 1.60. The summed E-state index contributed by atoms with van der Waals surface area (Å²) in [7, 11) is 0. The zero-order chi connectivity index (χ0) is 11.7. The van der Waals surface area contributed by atoms with Crippen molar-refractivity contribution in [3.63, 3.8) is 0 Å². The van der Waals surface area contributed by atoms with Gasteiger partial charge in [0.1, 0.15) is 18.7 Å². The Labute approximate surface area is 97.7 Å². The first-order chi connectivity index (χ1) is 7.61. The Hall–Kier alpha value is -1.51. The van der Waals surface area contributed by atoms with Crippen LogP contribution in [0.2, 0.25) is 0 Å². The zero-order valence-electron chi connectivity index (χ0n) is 8.35. The molecule has 2 rings (SSSR count). The Morgan fingerprint density at radius 2 is 2.35 bits per heavy atom. The van der Waals surface area contributed by atoms with Crippen LogP contribution in [0.5, 0.6) is 0 Å². The van der Waals surface area contributed by atoms with Gasteiger partial charge in [-0.1, -0.05) is 7.43 Å². The minimum atomic E-state index is -0.806. The predicted octanol–water partition coefficient (Wildman–Crippen LogP) is -1.50. The van der Waals surface area contributed by atoms with Gasteiger partial charge in [-0.3, -0.25) is 4.57 Å². The maximum absolute atomic E-state index is 11.4. The minimum Gasteiger partial charge on any atom is -0.394 e. The molecule has 0 saturated carbocycles. The van der Waals surface area contributed by atoms with Gasteiger partial charge >= 0.3 is 5.69 Å². The summed E-state index contributed by atoms with van der Waals surface area (Å²) in [5.41, 5.74) is 4.65. The number of ether oxygens (including phenoxy) is 1. The number of anilines is 1. The first kappa shape index (κ1) is 13.6. The predicted molar refractivity (Wildman–Crippen MR) is 59.1 cm³/mol. The van der Waals surface area contributed by atoms with E-state index in [1.807, 2.05) is 0 Å². The number of nitrogens with two attached hydrogens (primary N) is 1. The van der Waals surface area contributed by atoms with E-state index < -0.39 is 24.1 Å². The first-order valence-corrected chi connectivity index (χ1v) is 4.77. The third-order valence-corrected chi connectivity index (χ3v) is 2.44. The monoisotopic (exact) mass is 244 g/mol. The van der Waals surface area contributed by atoms with Crippen molar-refractivity contribution in [2.45, 2.75) is 32.3 Å². The summed E-state index contributed by atoms with van der Waals surface area (Å²) in [5.74, 6) is -0.112. The second-order valence-electron chi connectivity index (χ2n) is 3.52. The van der Waals surface area contributed by atoms with Crippen LogP contribution in [0.4, 0.5) is 5.95 Å². The lowest BCUT2D eigenvalue weighted by Crippen LogP contribution is -2.28. The number of aromatic nitrogens is 3. The van der Waals surface area contributed by atoms with Crippen molar-refractivity contribution in [3.05, 3.63) is 16.8 Å². The summed E-state index contributed by atoms with van der Waals surface area (Å²) < 4.78 is 6.41. The van der Waals surface area contributed by atoms with Gasteiger partial charge in [-0.15, -0.1) is 0 Å². The molecule has 96 valence electrons. The average molecular weight is 244 g/mol. The van der Waals surface area contributed by atoms with Crippen LogP contribution in [0.1, 0.15) is 20.1 Å². The van der Waals surface area contributed by atoms with Crippen LogP contribution in [0.3, 0.4) is 0 Å². The quantitative estimate of drug-likeness (QED) is 0.578. The molecule has 8 nitrogen and oxygen atoms in total.